The molecule has 0 spiro atoms. The van der Waals surface area contributed by atoms with Gasteiger partial charge in [-0.25, -0.2) is 0 Å². The highest BCUT2D eigenvalue weighted by atomic mass is 28.4. The Labute approximate surface area is 202 Å². The lowest BCUT2D eigenvalue weighted by Crippen LogP contribution is -2.27. The molecule has 200 valence electrons. The first kappa shape index (κ1) is 32.9. The van der Waals surface area contributed by atoms with E-state index >= 15 is 0 Å². The van der Waals surface area contributed by atoms with Crippen LogP contribution in [0.3, 0.4) is 0 Å². The first-order valence-corrected chi connectivity index (χ1v) is 15.7. The second-order valence-corrected chi connectivity index (χ2v) is 12.7. The van der Waals surface area contributed by atoms with Crippen molar-refractivity contribution in [1.82, 2.24) is 0 Å². The van der Waals surface area contributed by atoms with Crippen LogP contribution >= 0.6 is 0 Å². The molecule has 0 saturated heterocycles. The van der Waals surface area contributed by atoms with Crippen LogP contribution in [0.25, 0.3) is 0 Å². The summed E-state index contributed by atoms with van der Waals surface area (Å²) in [5.41, 5.74) is 0. The molecular formula is C23H50O9Si. The SMILES string of the molecule is CCCCOCCOCCOCCOCCOCCOCCOCCOCCO[Si](C)(C)C. The molecule has 0 atom stereocenters. The van der Waals surface area contributed by atoms with Crippen LogP contribution in [0.4, 0.5) is 0 Å². The quantitative estimate of drug-likeness (QED) is 0.119. The Hall–Kier alpha value is -0.143. The molecule has 0 N–H and O–H groups in total. The van der Waals surface area contributed by atoms with Gasteiger partial charge in [-0.3, -0.25) is 0 Å². The van der Waals surface area contributed by atoms with Crippen LogP contribution in [0, 0.1) is 0 Å². The average molecular weight is 499 g/mol. The van der Waals surface area contributed by atoms with E-state index in [0.717, 1.165) is 19.4 Å². The molecule has 0 radical (unpaired) electrons. The van der Waals surface area contributed by atoms with Gasteiger partial charge in [-0.1, -0.05) is 13.3 Å². The van der Waals surface area contributed by atoms with E-state index in [0.29, 0.717) is 106 Å². The van der Waals surface area contributed by atoms with Gasteiger partial charge in [0.1, 0.15) is 0 Å². The van der Waals surface area contributed by atoms with Crippen molar-refractivity contribution in [3.63, 3.8) is 0 Å². The van der Waals surface area contributed by atoms with Crippen LogP contribution in [0.15, 0.2) is 0 Å². The lowest BCUT2D eigenvalue weighted by molar-refractivity contribution is -0.0237. The van der Waals surface area contributed by atoms with Gasteiger partial charge in [0.15, 0.2) is 8.32 Å². The van der Waals surface area contributed by atoms with Crippen molar-refractivity contribution in [3.8, 4) is 0 Å². The number of rotatable bonds is 28. The maximum Gasteiger partial charge on any atom is 0.183 e. The molecule has 0 amide bonds. The Morgan fingerprint density at radius 2 is 0.606 bits per heavy atom. The Balaban J connectivity index is 3.03. The summed E-state index contributed by atoms with van der Waals surface area (Å²) in [7, 11) is -1.44. The minimum Gasteiger partial charge on any atom is -0.415 e. The summed E-state index contributed by atoms with van der Waals surface area (Å²) in [4.78, 5) is 0. The summed E-state index contributed by atoms with van der Waals surface area (Å²) in [5, 5.41) is 0. The topological polar surface area (TPSA) is 83.1 Å². The van der Waals surface area contributed by atoms with E-state index in [4.69, 9.17) is 42.3 Å². The van der Waals surface area contributed by atoms with E-state index in [1.165, 1.54) is 0 Å². The number of ether oxygens (including phenoxy) is 8. The van der Waals surface area contributed by atoms with Crippen LogP contribution in [0.1, 0.15) is 19.8 Å². The van der Waals surface area contributed by atoms with Gasteiger partial charge in [-0.2, -0.15) is 0 Å². The summed E-state index contributed by atoms with van der Waals surface area (Å²) in [6.45, 7) is 18.6. The average Bonchev–Trinajstić information content (AvgIpc) is 2.78. The predicted octanol–water partition coefficient (Wildman–Crippen LogP) is 2.77. The van der Waals surface area contributed by atoms with Crippen LogP contribution < -0.4 is 0 Å². The fourth-order valence-corrected chi connectivity index (χ4v) is 2.99. The van der Waals surface area contributed by atoms with Gasteiger partial charge in [0.25, 0.3) is 0 Å². The fourth-order valence-electron chi connectivity index (χ4n) is 2.29. The van der Waals surface area contributed by atoms with Crippen molar-refractivity contribution in [2.75, 3.05) is 112 Å². The van der Waals surface area contributed by atoms with Gasteiger partial charge in [0.2, 0.25) is 0 Å². The van der Waals surface area contributed by atoms with Crippen molar-refractivity contribution in [2.45, 2.75) is 39.4 Å². The van der Waals surface area contributed by atoms with Gasteiger partial charge >= 0.3 is 0 Å². The third kappa shape index (κ3) is 31.9. The molecule has 0 rings (SSSR count). The Kier molecular flexibility index (Phi) is 26.3. The molecule has 0 aromatic heterocycles. The van der Waals surface area contributed by atoms with E-state index in [9.17, 15) is 0 Å². The fraction of sp³-hybridized carbons (Fsp3) is 1.00. The van der Waals surface area contributed by atoms with E-state index in [1.54, 1.807) is 0 Å². The van der Waals surface area contributed by atoms with E-state index < -0.39 is 8.32 Å². The lowest BCUT2D eigenvalue weighted by atomic mass is 10.4. The molecule has 9 nitrogen and oxygen atoms in total. The molecule has 0 aliphatic carbocycles. The molecule has 0 aromatic carbocycles. The van der Waals surface area contributed by atoms with Gasteiger partial charge < -0.3 is 42.3 Å². The van der Waals surface area contributed by atoms with Crippen LogP contribution in [0.5, 0.6) is 0 Å². The normalized spacial score (nSPS) is 12.0. The first-order valence-electron chi connectivity index (χ1n) is 12.3. The second-order valence-electron chi connectivity index (χ2n) is 8.21. The first-order chi connectivity index (χ1) is 16.1. The summed E-state index contributed by atoms with van der Waals surface area (Å²) >= 11 is 0. The Morgan fingerprint density at radius 3 is 0.848 bits per heavy atom. The third-order valence-electron chi connectivity index (χ3n) is 4.01. The van der Waals surface area contributed by atoms with Gasteiger partial charge in [0.05, 0.1) is 106 Å². The van der Waals surface area contributed by atoms with Crippen LogP contribution in [0.2, 0.25) is 19.6 Å². The minimum atomic E-state index is -1.44. The highest BCUT2D eigenvalue weighted by Crippen LogP contribution is 2.01. The zero-order valence-corrected chi connectivity index (χ0v) is 22.6. The maximum atomic E-state index is 5.70. The van der Waals surface area contributed by atoms with Crippen molar-refractivity contribution in [3.05, 3.63) is 0 Å². The molecule has 0 heterocycles. The Bertz CT molecular complexity index is 370. The van der Waals surface area contributed by atoms with Gasteiger partial charge in [-0.05, 0) is 26.1 Å². The number of hydrogen-bond donors (Lipinski definition) is 0. The van der Waals surface area contributed by atoms with Crippen LogP contribution in [-0.2, 0) is 42.3 Å². The molecule has 33 heavy (non-hydrogen) atoms. The molecule has 0 aromatic rings. The largest absolute Gasteiger partial charge is 0.415 e. The second kappa shape index (κ2) is 26.5. The van der Waals surface area contributed by atoms with E-state index in [2.05, 4.69) is 26.6 Å². The van der Waals surface area contributed by atoms with Crippen molar-refractivity contribution < 1.29 is 42.3 Å². The monoisotopic (exact) mass is 498 g/mol. The highest BCUT2D eigenvalue weighted by Gasteiger charge is 2.12. The maximum absolute atomic E-state index is 5.70. The van der Waals surface area contributed by atoms with Crippen LogP contribution in [-0.4, -0.2) is 121 Å². The standard InChI is InChI=1S/C23H50O9Si/c1-5-6-7-24-8-9-25-10-11-26-12-13-27-14-15-28-16-17-29-18-19-30-20-21-31-22-23-32-33(2,3)4/h5-23H2,1-4H3. The van der Waals surface area contributed by atoms with Gasteiger partial charge in [0, 0.05) is 6.61 Å². The van der Waals surface area contributed by atoms with Crippen molar-refractivity contribution in [1.29, 1.82) is 0 Å². The Morgan fingerprint density at radius 1 is 0.364 bits per heavy atom. The van der Waals surface area contributed by atoms with Crippen molar-refractivity contribution >= 4 is 8.32 Å². The molecule has 0 bridgehead atoms. The summed E-state index contributed by atoms with van der Waals surface area (Å²) in [6.07, 6.45) is 2.25. The zero-order valence-electron chi connectivity index (χ0n) is 21.6. The van der Waals surface area contributed by atoms with Gasteiger partial charge in [-0.15, -0.1) is 0 Å². The molecule has 0 unspecified atom stereocenters. The predicted molar refractivity (Wildman–Crippen MR) is 131 cm³/mol. The molecular weight excluding hydrogens is 448 g/mol. The number of hydrogen-bond acceptors (Lipinski definition) is 9. The summed E-state index contributed by atoms with van der Waals surface area (Å²) < 4.78 is 49.2. The minimum absolute atomic E-state index is 0.541. The molecule has 0 saturated carbocycles. The number of unbranched alkanes of at least 4 members (excludes halogenated alkanes) is 1. The molecule has 0 aliphatic heterocycles. The summed E-state index contributed by atoms with van der Waals surface area (Å²) in [6, 6.07) is 0. The third-order valence-corrected chi connectivity index (χ3v) is 5.08. The molecule has 0 aliphatic rings. The smallest absolute Gasteiger partial charge is 0.183 e. The lowest BCUT2D eigenvalue weighted by Gasteiger charge is -2.16. The van der Waals surface area contributed by atoms with E-state index in [-0.39, 0.29) is 0 Å². The van der Waals surface area contributed by atoms with Crippen molar-refractivity contribution in [2.24, 2.45) is 0 Å². The molecule has 10 heteroatoms. The molecule has 0 fully saturated rings. The van der Waals surface area contributed by atoms with E-state index in [1.807, 2.05) is 0 Å². The highest BCUT2D eigenvalue weighted by molar-refractivity contribution is 6.69. The zero-order chi connectivity index (χ0) is 24.3. The summed E-state index contributed by atoms with van der Waals surface area (Å²) in [5.74, 6) is 0.